The van der Waals surface area contributed by atoms with Crippen LogP contribution in [0.1, 0.15) is 18.5 Å². The van der Waals surface area contributed by atoms with Crippen molar-refractivity contribution in [3.63, 3.8) is 0 Å². The van der Waals surface area contributed by atoms with Crippen LogP contribution in [0.2, 0.25) is 0 Å². The maximum Gasteiger partial charge on any atom is 0.312 e. The third-order valence-corrected chi connectivity index (χ3v) is 4.97. The van der Waals surface area contributed by atoms with E-state index in [0.29, 0.717) is 40.8 Å². The standard InChI is InChI=1S/C22H20N4O5/c27-19(23-14-5-3-6-15(11-14)26-10-4-9-20(26)28)13-31-21(29)12-18-16-7-1-2-8-17(16)22(30)25-24-18/h1-3,5-8,11H,4,9-10,12-13H2,(H,23,27)(H,25,30). The van der Waals surface area contributed by atoms with E-state index in [0.717, 1.165) is 6.42 Å². The van der Waals surface area contributed by atoms with Gasteiger partial charge in [-0.2, -0.15) is 5.10 Å². The lowest BCUT2D eigenvalue weighted by atomic mass is 10.1. The van der Waals surface area contributed by atoms with Crippen molar-refractivity contribution in [3.05, 3.63) is 64.6 Å². The molecule has 0 aliphatic carbocycles. The highest BCUT2D eigenvalue weighted by molar-refractivity contribution is 5.97. The van der Waals surface area contributed by atoms with Crippen LogP contribution >= 0.6 is 0 Å². The second kappa shape index (κ2) is 8.78. The molecular weight excluding hydrogens is 400 g/mol. The van der Waals surface area contributed by atoms with E-state index in [2.05, 4.69) is 15.5 Å². The van der Waals surface area contributed by atoms with Crippen molar-refractivity contribution in [2.24, 2.45) is 0 Å². The summed E-state index contributed by atoms with van der Waals surface area (Å²) in [5.41, 5.74) is 1.24. The van der Waals surface area contributed by atoms with E-state index in [1.165, 1.54) is 0 Å². The number of rotatable bonds is 6. The number of carbonyl (C=O) groups excluding carboxylic acids is 3. The summed E-state index contributed by atoms with van der Waals surface area (Å²) < 4.78 is 5.06. The topological polar surface area (TPSA) is 121 Å². The molecule has 0 spiro atoms. The summed E-state index contributed by atoms with van der Waals surface area (Å²) in [5.74, 6) is -1.09. The van der Waals surface area contributed by atoms with Crippen LogP contribution in [0.25, 0.3) is 10.8 Å². The van der Waals surface area contributed by atoms with Crippen molar-refractivity contribution >= 4 is 39.9 Å². The molecule has 1 aliphatic rings. The molecule has 0 radical (unpaired) electrons. The van der Waals surface area contributed by atoms with E-state index in [9.17, 15) is 19.2 Å². The number of nitrogens with one attached hydrogen (secondary N) is 2. The Morgan fingerprint density at radius 3 is 2.68 bits per heavy atom. The van der Waals surface area contributed by atoms with Gasteiger partial charge in [0, 0.05) is 29.7 Å². The van der Waals surface area contributed by atoms with Gasteiger partial charge in [-0.15, -0.1) is 0 Å². The highest BCUT2D eigenvalue weighted by atomic mass is 16.5. The van der Waals surface area contributed by atoms with Crippen molar-refractivity contribution in [2.75, 3.05) is 23.4 Å². The van der Waals surface area contributed by atoms with Crippen LogP contribution in [-0.4, -0.2) is 41.1 Å². The number of benzene rings is 2. The van der Waals surface area contributed by atoms with Crippen LogP contribution < -0.4 is 15.8 Å². The number of hydrogen-bond donors (Lipinski definition) is 2. The van der Waals surface area contributed by atoms with E-state index in [-0.39, 0.29) is 17.9 Å². The quantitative estimate of drug-likeness (QED) is 0.586. The first kappa shape index (κ1) is 20.3. The number of hydrogen-bond acceptors (Lipinski definition) is 6. The van der Waals surface area contributed by atoms with Gasteiger partial charge in [-0.1, -0.05) is 24.3 Å². The van der Waals surface area contributed by atoms with Gasteiger partial charge in [0.1, 0.15) is 0 Å². The predicted molar refractivity (Wildman–Crippen MR) is 114 cm³/mol. The van der Waals surface area contributed by atoms with Gasteiger partial charge in [0.25, 0.3) is 11.5 Å². The summed E-state index contributed by atoms with van der Waals surface area (Å²) in [6.45, 7) is 0.189. The minimum atomic E-state index is -0.642. The average molecular weight is 420 g/mol. The SMILES string of the molecule is O=C(COC(=O)Cc1n[nH]c(=O)c2ccccc12)Nc1cccc(N2CCCC2=O)c1. The van der Waals surface area contributed by atoms with Crippen LogP contribution in [0.5, 0.6) is 0 Å². The molecule has 0 atom stereocenters. The fraction of sp³-hybridized carbons (Fsp3) is 0.227. The van der Waals surface area contributed by atoms with Gasteiger partial charge < -0.3 is 15.0 Å². The minimum absolute atomic E-state index is 0.0563. The summed E-state index contributed by atoms with van der Waals surface area (Å²) in [5, 5.41) is 9.92. The molecule has 2 amide bonds. The molecule has 0 unspecified atom stereocenters. The van der Waals surface area contributed by atoms with Gasteiger partial charge in [0.2, 0.25) is 5.91 Å². The minimum Gasteiger partial charge on any atom is -0.455 e. The normalized spacial score (nSPS) is 13.4. The molecule has 1 saturated heterocycles. The monoisotopic (exact) mass is 420 g/mol. The fourth-order valence-electron chi connectivity index (χ4n) is 3.51. The smallest absolute Gasteiger partial charge is 0.312 e. The molecule has 9 nitrogen and oxygen atoms in total. The van der Waals surface area contributed by atoms with Gasteiger partial charge in [0.15, 0.2) is 6.61 Å². The number of carbonyl (C=O) groups is 3. The molecule has 1 aromatic heterocycles. The molecule has 0 saturated carbocycles. The summed E-state index contributed by atoms with van der Waals surface area (Å²) in [6, 6.07) is 13.8. The fourth-order valence-corrected chi connectivity index (χ4v) is 3.51. The van der Waals surface area contributed by atoms with Crippen LogP contribution in [0.3, 0.4) is 0 Å². The Kier molecular flexibility index (Phi) is 5.74. The second-order valence-corrected chi connectivity index (χ2v) is 7.13. The van der Waals surface area contributed by atoms with Gasteiger partial charge in [-0.25, -0.2) is 5.10 Å². The molecule has 31 heavy (non-hydrogen) atoms. The highest BCUT2D eigenvalue weighted by Gasteiger charge is 2.22. The largest absolute Gasteiger partial charge is 0.455 e. The zero-order chi connectivity index (χ0) is 21.8. The maximum absolute atomic E-state index is 12.2. The zero-order valence-electron chi connectivity index (χ0n) is 16.6. The third kappa shape index (κ3) is 4.61. The highest BCUT2D eigenvalue weighted by Crippen LogP contribution is 2.24. The van der Waals surface area contributed by atoms with Gasteiger partial charge in [0.05, 0.1) is 17.5 Å². The maximum atomic E-state index is 12.2. The molecule has 3 aromatic rings. The number of aromatic amines is 1. The Balaban J connectivity index is 1.34. The number of amides is 2. The van der Waals surface area contributed by atoms with Crippen molar-refractivity contribution in [3.8, 4) is 0 Å². The Hall–Kier alpha value is -4.01. The Morgan fingerprint density at radius 1 is 1.10 bits per heavy atom. The summed E-state index contributed by atoms with van der Waals surface area (Å²) >= 11 is 0. The number of fused-ring (bicyclic) bond motifs is 1. The first-order valence-electron chi connectivity index (χ1n) is 9.83. The number of H-pyrrole nitrogens is 1. The van der Waals surface area contributed by atoms with E-state index in [1.54, 1.807) is 53.4 Å². The van der Waals surface area contributed by atoms with Gasteiger partial charge in [-0.3, -0.25) is 19.2 Å². The van der Waals surface area contributed by atoms with E-state index in [4.69, 9.17) is 4.74 Å². The van der Waals surface area contributed by atoms with E-state index < -0.39 is 18.5 Å². The van der Waals surface area contributed by atoms with Crippen LogP contribution in [0.4, 0.5) is 11.4 Å². The molecule has 0 bridgehead atoms. The van der Waals surface area contributed by atoms with E-state index in [1.807, 2.05) is 0 Å². The van der Waals surface area contributed by atoms with Gasteiger partial charge in [-0.05, 0) is 30.7 Å². The molecule has 9 heteroatoms. The van der Waals surface area contributed by atoms with Crippen molar-refractivity contribution in [1.82, 2.24) is 10.2 Å². The summed E-state index contributed by atoms with van der Waals surface area (Å²) in [4.78, 5) is 49.8. The first-order chi connectivity index (χ1) is 15.0. The average Bonchev–Trinajstić information content (AvgIpc) is 3.20. The molecular formula is C22H20N4O5. The predicted octanol–water partition coefficient (Wildman–Crippen LogP) is 1.77. The second-order valence-electron chi connectivity index (χ2n) is 7.13. The lowest BCUT2D eigenvalue weighted by molar-refractivity contribution is -0.146. The molecule has 1 fully saturated rings. The number of nitrogens with zero attached hydrogens (tertiary/aromatic N) is 2. The van der Waals surface area contributed by atoms with Crippen molar-refractivity contribution in [2.45, 2.75) is 19.3 Å². The molecule has 2 aromatic carbocycles. The van der Waals surface area contributed by atoms with Crippen molar-refractivity contribution < 1.29 is 19.1 Å². The Morgan fingerprint density at radius 2 is 1.90 bits per heavy atom. The lowest BCUT2D eigenvalue weighted by Crippen LogP contribution is -2.24. The molecule has 158 valence electrons. The zero-order valence-corrected chi connectivity index (χ0v) is 16.6. The summed E-state index contributed by atoms with van der Waals surface area (Å²) in [6.07, 6.45) is 1.15. The number of aromatic nitrogens is 2. The number of esters is 1. The molecule has 2 N–H and O–H groups in total. The van der Waals surface area contributed by atoms with Crippen LogP contribution in [0, 0.1) is 0 Å². The first-order valence-corrected chi connectivity index (χ1v) is 9.83. The Bertz CT molecular complexity index is 1220. The molecule has 1 aliphatic heterocycles. The third-order valence-electron chi connectivity index (χ3n) is 4.97. The van der Waals surface area contributed by atoms with Gasteiger partial charge >= 0.3 is 5.97 Å². The van der Waals surface area contributed by atoms with Crippen molar-refractivity contribution in [1.29, 1.82) is 0 Å². The number of ether oxygens (including phenoxy) is 1. The van der Waals surface area contributed by atoms with Crippen LogP contribution in [0.15, 0.2) is 53.3 Å². The summed E-state index contributed by atoms with van der Waals surface area (Å²) in [7, 11) is 0. The van der Waals surface area contributed by atoms with E-state index >= 15 is 0 Å². The number of anilines is 2. The van der Waals surface area contributed by atoms with Crippen LogP contribution in [-0.2, 0) is 25.5 Å². The molecule has 2 heterocycles. The molecule has 4 rings (SSSR count). The lowest BCUT2D eigenvalue weighted by Gasteiger charge is -2.16. The Labute approximate surface area is 177 Å².